The number of hydrogen-bond donors (Lipinski definition) is 0. The smallest absolute Gasteiger partial charge is 0.179 e. The highest BCUT2D eigenvalue weighted by Crippen LogP contribution is 2.55. The van der Waals surface area contributed by atoms with Crippen LogP contribution in [-0.2, 0) is 9.59 Å². The summed E-state index contributed by atoms with van der Waals surface area (Å²) in [4.78, 5) is 29.9. The van der Waals surface area contributed by atoms with Crippen LogP contribution < -0.4 is 9.47 Å². The average Bonchev–Trinajstić information content (AvgIpc) is 2.75. The van der Waals surface area contributed by atoms with Gasteiger partial charge in [0.05, 0.1) is 18.2 Å². The zero-order chi connectivity index (χ0) is 26.4. The second-order valence-electron chi connectivity index (χ2n) is 11.9. The highest BCUT2D eigenvalue weighted by molar-refractivity contribution is 6.32. The Morgan fingerprint density at radius 2 is 1.44 bits per heavy atom. The van der Waals surface area contributed by atoms with Crippen LogP contribution in [0.5, 0.6) is 11.5 Å². The van der Waals surface area contributed by atoms with Crippen LogP contribution in [0.15, 0.2) is 34.7 Å². The van der Waals surface area contributed by atoms with Crippen molar-refractivity contribution >= 4 is 23.2 Å². The minimum atomic E-state index is -0.443. The topological polar surface area (TPSA) is 55.8 Å². The summed E-state index contributed by atoms with van der Waals surface area (Å²) in [5.74, 6) is 0.874. The molecule has 0 amide bonds. The van der Waals surface area contributed by atoms with Crippen molar-refractivity contribution in [2.75, 3.05) is 19.8 Å². The molecule has 0 aromatic heterocycles. The third-order valence-corrected chi connectivity index (χ3v) is 7.73. The maximum absolute atomic E-state index is 13.8. The predicted octanol–water partition coefficient (Wildman–Crippen LogP) is 7.23. The highest BCUT2D eigenvalue weighted by atomic mass is 35.5. The fourth-order valence-electron chi connectivity index (χ4n) is 6.12. The van der Waals surface area contributed by atoms with E-state index in [1.807, 2.05) is 26.0 Å². The van der Waals surface area contributed by atoms with Crippen LogP contribution in [0, 0.1) is 10.8 Å². The molecular formula is C30H40ClNO4. The van der Waals surface area contributed by atoms with Crippen molar-refractivity contribution in [3.8, 4) is 11.5 Å². The highest BCUT2D eigenvalue weighted by Gasteiger charge is 2.48. The Labute approximate surface area is 220 Å². The van der Waals surface area contributed by atoms with Crippen LogP contribution >= 0.6 is 11.6 Å². The summed E-state index contributed by atoms with van der Waals surface area (Å²) >= 11 is 6.78. The summed E-state index contributed by atoms with van der Waals surface area (Å²) in [6.45, 7) is 16.4. The first-order valence-corrected chi connectivity index (χ1v) is 13.7. The molecule has 4 rings (SSSR count). The molecule has 0 saturated heterocycles. The summed E-state index contributed by atoms with van der Waals surface area (Å²) in [5, 5.41) is 0.443. The monoisotopic (exact) mass is 513 g/mol. The molecule has 5 nitrogen and oxygen atoms in total. The van der Waals surface area contributed by atoms with E-state index in [0.29, 0.717) is 42.6 Å². The zero-order valence-corrected chi connectivity index (χ0v) is 23.6. The van der Waals surface area contributed by atoms with E-state index in [0.717, 1.165) is 53.9 Å². The number of ether oxygens (including phenoxy) is 2. The van der Waals surface area contributed by atoms with E-state index >= 15 is 0 Å². The molecule has 1 aromatic rings. The third-order valence-electron chi connectivity index (χ3n) is 7.45. The lowest BCUT2D eigenvalue weighted by atomic mass is 9.63. The van der Waals surface area contributed by atoms with Gasteiger partial charge in [-0.1, -0.05) is 46.2 Å². The molecule has 0 fully saturated rings. The first-order valence-electron chi connectivity index (χ1n) is 13.3. The van der Waals surface area contributed by atoms with Crippen molar-refractivity contribution in [3.05, 3.63) is 45.3 Å². The Kier molecular flexibility index (Phi) is 7.36. The van der Waals surface area contributed by atoms with Crippen LogP contribution in [0.25, 0.3) is 0 Å². The fourth-order valence-corrected chi connectivity index (χ4v) is 6.40. The van der Waals surface area contributed by atoms with Gasteiger partial charge in [-0.25, -0.2) is 0 Å². The Hall–Kier alpha value is -2.27. The zero-order valence-electron chi connectivity index (χ0n) is 22.8. The number of carbonyl (C=O) groups is 2. The second-order valence-corrected chi connectivity index (χ2v) is 12.3. The molecule has 2 aliphatic carbocycles. The number of ketones is 2. The molecule has 3 aliphatic rings. The Bertz CT molecular complexity index is 1090. The first-order chi connectivity index (χ1) is 16.9. The lowest BCUT2D eigenvalue weighted by Crippen LogP contribution is -2.44. The van der Waals surface area contributed by atoms with Crippen molar-refractivity contribution < 1.29 is 19.1 Å². The van der Waals surface area contributed by atoms with Gasteiger partial charge in [-0.15, -0.1) is 0 Å². The van der Waals surface area contributed by atoms with Crippen molar-refractivity contribution in [1.82, 2.24) is 4.90 Å². The number of carbonyl (C=O) groups excluding carboxylic acids is 2. The Balaban J connectivity index is 1.98. The number of nitrogens with zero attached hydrogens (tertiary/aromatic N) is 1. The van der Waals surface area contributed by atoms with Gasteiger partial charge in [-0.05, 0) is 61.6 Å². The van der Waals surface area contributed by atoms with Crippen molar-refractivity contribution in [2.45, 2.75) is 86.5 Å². The van der Waals surface area contributed by atoms with E-state index in [2.05, 4.69) is 39.5 Å². The molecule has 0 unspecified atom stereocenters. The van der Waals surface area contributed by atoms with Gasteiger partial charge in [-0.2, -0.15) is 0 Å². The normalized spacial score (nSPS) is 21.5. The second kappa shape index (κ2) is 9.89. The van der Waals surface area contributed by atoms with Crippen LogP contribution in [0.3, 0.4) is 0 Å². The molecule has 6 heteroatoms. The Morgan fingerprint density at radius 1 is 0.889 bits per heavy atom. The van der Waals surface area contributed by atoms with Gasteiger partial charge < -0.3 is 14.4 Å². The molecule has 1 aliphatic heterocycles. The minimum Gasteiger partial charge on any atom is -0.490 e. The van der Waals surface area contributed by atoms with Gasteiger partial charge in [0.1, 0.15) is 0 Å². The standard InChI is InChI=1S/C30H40ClNO4/c1-8-11-36-28-19(31)12-18(13-24(28)35-10-3)25-26-20(14-29(4,5)16-22(26)33)32(9-2)21-15-30(6,7)17-23(34)27(21)25/h12-13,25H,8-11,14-17H2,1-7H3. The molecule has 0 radical (unpaired) electrons. The van der Waals surface area contributed by atoms with Crippen molar-refractivity contribution in [1.29, 1.82) is 0 Å². The van der Waals surface area contributed by atoms with E-state index < -0.39 is 5.92 Å². The molecule has 0 atom stereocenters. The maximum atomic E-state index is 13.8. The summed E-state index contributed by atoms with van der Waals surface area (Å²) in [5.41, 5.74) is 4.19. The van der Waals surface area contributed by atoms with Gasteiger partial charge in [-0.3, -0.25) is 9.59 Å². The van der Waals surface area contributed by atoms with Gasteiger partial charge in [0.15, 0.2) is 23.1 Å². The van der Waals surface area contributed by atoms with Gasteiger partial charge in [0.25, 0.3) is 0 Å². The summed E-state index contributed by atoms with van der Waals surface area (Å²) in [6, 6.07) is 3.80. The van der Waals surface area contributed by atoms with E-state index in [9.17, 15) is 9.59 Å². The van der Waals surface area contributed by atoms with Crippen LogP contribution in [0.1, 0.15) is 92.1 Å². The van der Waals surface area contributed by atoms with Crippen LogP contribution in [0.2, 0.25) is 5.02 Å². The number of Topliss-reactive ketones (excluding diaryl/α,β-unsaturated/α-hetero) is 2. The number of halogens is 1. The van der Waals surface area contributed by atoms with E-state index in [-0.39, 0.29) is 22.4 Å². The quantitative estimate of drug-likeness (QED) is 0.385. The average molecular weight is 514 g/mol. The SMILES string of the molecule is CCCOc1c(Cl)cc(C2C3=C(CC(C)(C)CC3=O)N(CC)C3=C2C(=O)CC(C)(C)C3)cc1OCC. The molecule has 1 heterocycles. The Morgan fingerprint density at radius 3 is 1.92 bits per heavy atom. The first kappa shape index (κ1) is 26.8. The molecule has 1 aromatic carbocycles. The molecular weight excluding hydrogens is 474 g/mol. The van der Waals surface area contributed by atoms with Crippen LogP contribution in [0.4, 0.5) is 0 Å². The summed E-state index contributed by atoms with van der Waals surface area (Å²) in [7, 11) is 0. The molecule has 0 spiro atoms. The predicted molar refractivity (Wildman–Crippen MR) is 144 cm³/mol. The maximum Gasteiger partial charge on any atom is 0.179 e. The van der Waals surface area contributed by atoms with Gasteiger partial charge >= 0.3 is 0 Å². The lowest BCUT2D eigenvalue weighted by Gasteiger charge is -2.49. The largest absolute Gasteiger partial charge is 0.490 e. The van der Waals surface area contributed by atoms with E-state index in [4.69, 9.17) is 21.1 Å². The summed E-state index contributed by atoms with van der Waals surface area (Å²) in [6.07, 6.45) is 3.37. The molecule has 0 N–H and O–H groups in total. The number of benzene rings is 1. The molecule has 0 bridgehead atoms. The number of allylic oxidation sites excluding steroid dienone is 4. The molecule has 36 heavy (non-hydrogen) atoms. The van der Waals surface area contributed by atoms with Gasteiger partial charge in [0.2, 0.25) is 0 Å². The minimum absolute atomic E-state index is 0.120. The molecule has 196 valence electrons. The van der Waals surface area contributed by atoms with Crippen LogP contribution in [-0.4, -0.2) is 36.2 Å². The molecule has 0 saturated carbocycles. The van der Waals surface area contributed by atoms with Crippen molar-refractivity contribution in [3.63, 3.8) is 0 Å². The van der Waals surface area contributed by atoms with Gasteiger partial charge in [0, 0.05) is 47.8 Å². The summed E-state index contributed by atoms with van der Waals surface area (Å²) < 4.78 is 11.9. The fraction of sp³-hybridized carbons (Fsp3) is 0.600. The number of hydrogen-bond acceptors (Lipinski definition) is 5. The van der Waals surface area contributed by atoms with E-state index in [1.165, 1.54) is 0 Å². The lowest BCUT2D eigenvalue weighted by molar-refractivity contribution is -0.119. The van der Waals surface area contributed by atoms with Crippen molar-refractivity contribution in [2.24, 2.45) is 10.8 Å². The van der Waals surface area contributed by atoms with E-state index in [1.54, 1.807) is 0 Å². The number of rotatable bonds is 7. The third kappa shape index (κ3) is 4.83.